The summed E-state index contributed by atoms with van der Waals surface area (Å²) < 4.78 is 5.05. The Morgan fingerprint density at radius 2 is 2.37 bits per heavy atom. The fourth-order valence-corrected chi connectivity index (χ4v) is 1.54. The van der Waals surface area contributed by atoms with E-state index in [1.165, 1.54) is 0 Å². The number of carbonyl (C=O) groups is 1. The summed E-state index contributed by atoms with van der Waals surface area (Å²) in [7, 11) is 3.33. The molecule has 1 aromatic heterocycles. The predicted octanol–water partition coefficient (Wildman–Crippen LogP) is 0.499. The fourth-order valence-electron chi connectivity index (χ4n) is 1.54. The molecule has 1 unspecified atom stereocenters. The summed E-state index contributed by atoms with van der Waals surface area (Å²) in [6.45, 7) is 2.63. The van der Waals surface area contributed by atoms with Crippen molar-refractivity contribution in [3.63, 3.8) is 0 Å². The molecule has 0 saturated carbocycles. The van der Waals surface area contributed by atoms with Crippen molar-refractivity contribution in [2.45, 2.75) is 13.0 Å². The second-order valence-electron chi connectivity index (χ2n) is 4.13. The minimum atomic E-state index is -0.175. The van der Waals surface area contributed by atoms with E-state index < -0.39 is 0 Å². The van der Waals surface area contributed by atoms with Crippen molar-refractivity contribution in [2.75, 3.05) is 27.3 Å². The molecule has 102 valence electrons. The van der Waals surface area contributed by atoms with Crippen molar-refractivity contribution >= 4 is 5.91 Å². The van der Waals surface area contributed by atoms with Crippen LogP contribution < -0.4 is 5.73 Å². The molecule has 0 aliphatic heterocycles. The lowest BCUT2D eigenvalue weighted by Crippen LogP contribution is -2.38. The van der Waals surface area contributed by atoms with Crippen molar-refractivity contribution in [3.05, 3.63) is 29.6 Å². The molecule has 1 rings (SSSR count). The van der Waals surface area contributed by atoms with E-state index in [2.05, 4.69) is 16.8 Å². The second-order valence-corrected chi connectivity index (χ2v) is 4.13. The highest BCUT2D eigenvalue weighted by molar-refractivity contribution is 5.94. The van der Waals surface area contributed by atoms with Gasteiger partial charge in [0.25, 0.3) is 5.91 Å². The van der Waals surface area contributed by atoms with Crippen LogP contribution in [0.25, 0.3) is 0 Å². The van der Waals surface area contributed by atoms with Crippen LogP contribution in [0.15, 0.2) is 18.3 Å². The maximum atomic E-state index is 12.4. The van der Waals surface area contributed by atoms with E-state index in [1.54, 1.807) is 37.4 Å². The first-order valence-corrected chi connectivity index (χ1v) is 6.01. The lowest BCUT2D eigenvalue weighted by Gasteiger charge is -2.24. The van der Waals surface area contributed by atoms with Gasteiger partial charge in [0.1, 0.15) is 5.69 Å². The fraction of sp³-hybridized carbons (Fsp3) is 0.429. The summed E-state index contributed by atoms with van der Waals surface area (Å²) in [5, 5.41) is 0. The minimum absolute atomic E-state index is 0.0326. The summed E-state index contributed by atoms with van der Waals surface area (Å²) in [5.74, 6) is 5.42. The first-order chi connectivity index (χ1) is 9.11. The van der Waals surface area contributed by atoms with Gasteiger partial charge in [0.2, 0.25) is 0 Å². The second kappa shape index (κ2) is 7.52. The molecule has 5 nitrogen and oxygen atoms in total. The number of nitrogens with two attached hydrogens (primary N) is 1. The van der Waals surface area contributed by atoms with Gasteiger partial charge in [-0.15, -0.1) is 0 Å². The van der Waals surface area contributed by atoms with Gasteiger partial charge in [-0.1, -0.05) is 11.8 Å². The SMILES string of the molecule is COCC(C)N(C)C(=O)c1ncccc1C#CCN. The Labute approximate surface area is 113 Å². The van der Waals surface area contributed by atoms with E-state index in [0.29, 0.717) is 17.9 Å². The molecule has 0 aromatic carbocycles. The van der Waals surface area contributed by atoms with Crippen molar-refractivity contribution < 1.29 is 9.53 Å². The normalized spacial score (nSPS) is 11.4. The molecule has 0 saturated heterocycles. The van der Waals surface area contributed by atoms with E-state index in [4.69, 9.17) is 10.5 Å². The molecule has 0 bridgehead atoms. The molecular formula is C14H19N3O2. The molecule has 1 atom stereocenters. The van der Waals surface area contributed by atoms with Crippen LogP contribution in [-0.4, -0.2) is 49.1 Å². The molecule has 0 radical (unpaired) electrons. The van der Waals surface area contributed by atoms with E-state index in [-0.39, 0.29) is 18.5 Å². The number of nitrogens with zero attached hydrogens (tertiary/aromatic N) is 2. The molecule has 2 N–H and O–H groups in total. The zero-order chi connectivity index (χ0) is 14.3. The van der Waals surface area contributed by atoms with Crippen LogP contribution in [0.1, 0.15) is 23.0 Å². The average Bonchev–Trinajstić information content (AvgIpc) is 2.44. The first kappa shape index (κ1) is 15.2. The van der Waals surface area contributed by atoms with Gasteiger partial charge in [0.05, 0.1) is 24.8 Å². The van der Waals surface area contributed by atoms with Crippen molar-refractivity contribution in [2.24, 2.45) is 5.73 Å². The van der Waals surface area contributed by atoms with Crippen molar-refractivity contribution in [3.8, 4) is 11.8 Å². The average molecular weight is 261 g/mol. The third-order valence-electron chi connectivity index (χ3n) is 2.72. The Morgan fingerprint density at radius 3 is 3.00 bits per heavy atom. The van der Waals surface area contributed by atoms with Gasteiger partial charge in [-0.05, 0) is 19.1 Å². The van der Waals surface area contributed by atoms with Crippen LogP contribution >= 0.6 is 0 Å². The number of amides is 1. The molecule has 19 heavy (non-hydrogen) atoms. The molecular weight excluding hydrogens is 242 g/mol. The lowest BCUT2D eigenvalue weighted by atomic mass is 10.1. The van der Waals surface area contributed by atoms with E-state index in [9.17, 15) is 4.79 Å². The lowest BCUT2D eigenvalue weighted by molar-refractivity contribution is 0.0628. The number of carbonyl (C=O) groups excluding carboxylic acids is 1. The van der Waals surface area contributed by atoms with E-state index in [0.717, 1.165) is 0 Å². The van der Waals surface area contributed by atoms with Crippen molar-refractivity contribution in [1.29, 1.82) is 0 Å². The van der Waals surface area contributed by atoms with E-state index in [1.807, 2.05) is 6.92 Å². The number of hydrogen-bond acceptors (Lipinski definition) is 4. The number of methoxy groups -OCH3 is 1. The highest BCUT2D eigenvalue weighted by atomic mass is 16.5. The van der Waals surface area contributed by atoms with Gasteiger partial charge in [-0.3, -0.25) is 4.79 Å². The molecule has 0 spiro atoms. The number of aromatic nitrogens is 1. The Balaban J connectivity index is 2.99. The van der Waals surface area contributed by atoms with Gasteiger partial charge in [-0.25, -0.2) is 4.98 Å². The molecule has 5 heteroatoms. The highest BCUT2D eigenvalue weighted by Gasteiger charge is 2.20. The predicted molar refractivity (Wildman–Crippen MR) is 73.6 cm³/mol. The largest absolute Gasteiger partial charge is 0.383 e. The van der Waals surface area contributed by atoms with E-state index >= 15 is 0 Å². The maximum absolute atomic E-state index is 12.4. The van der Waals surface area contributed by atoms with Gasteiger partial charge in [0, 0.05) is 20.4 Å². The van der Waals surface area contributed by atoms with Crippen LogP contribution in [0, 0.1) is 11.8 Å². The maximum Gasteiger partial charge on any atom is 0.273 e. The molecule has 0 aliphatic carbocycles. The molecule has 0 aliphatic rings. The summed E-state index contributed by atoms with van der Waals surface area (Å²) in [6, 6.07) is 3.47. The molecule has 1 heterocycles. The number of rotatable bonds is 4. The summed E-state index contributed by atoms with van der Waals surface area (Å²) in [6.07, 6.45) is 1.58. The smallest absolute Gasteiger partial charge is 0.273 e. The first-order valence-electron chi connectivity index (χ1n) is 6.01. The summed E-state index contributed by atoms with van der Waals surface area (Å²) in [5.41, 5.74) is 6.28. The monoisotopic (exact) mass is 261 g/mol. The standard InChI is InChI=1S/C14H19N3O2/c1-11(10-19-3)17(2)14(18)13-12(6-4-8-15)7-5-9-16-13/h5,7,9,11H,8,10,15H2,1-3H3. The zero-order valence-electron chi connectivity index (χ0n) is 11.5. The summed E-state index contributed by atoms with van der Waals surface area (Å²) in [4.78, 5) is 18.1. The summed E-state index contributed by atoms with van der Waals surface area (Å²) >= 11 is 0. The molecule has 1 amide bonds. The third kappa shape index (κ3) is 4.05. The van der Waals surface area contributed by atoms with Gasteiger partial charge < -0.3 is 15.4 Å². The Hall–Kier alpha value is -1.90. The number of likely N-dealkylation sites (N-methyl/N-ethyl adjacent to an activating group) is 1. The van der Waals surface area contributed by atoms with Crippen LogP contribution in [0.3, 0.4) is 0 Å². The van der Waals surface area contributed by atoms with Gasteiger partial charge in [0.15, 0.2) is 0 Å². The van der Waals surface area contributed by atoms with Gasteiger partial charge >= 0.3 is 0 Å². The molecule has 1 aromatic rings. The van der Waals surface area contributed by atoms with Gasteiger partial charge in [-0.2, -0.15) is 0 Å². The van der Waals surface area contributed by atoms with Crippen LogP contribution in [0.4, 0.5) is 0 Å². The Morgan fingerprint density at radius 1 is 1.63 bits per heavy atom. The van der Waals surface area contributed by atoms with Crippen LogP contribution in [0.2, 0.25) is 0 Å². The Kier molecular flexibility index (Phi) is 6.00. The third-order valence-corrected chi connectivity index (χ3v) is 2.72. The van der Waals surface area contributed by atoms with Crippen LogP contribution in [-0.2, 0) is 4.74 Å². The number of hydrogen-bond donors (Lipinski definition) is 1. The molecule has 0 fully saturated rings. The highest BCUT2D eigenvalue weighted by Crippen LogP contribution is 2.09. The van der Waals surface area contributed by atoms with Crippen molar-refractivity contribution in [1.82, 2.24) is 9.88 Å². The van der Waals surface area contributed by atoms with Crippen LogP contribution in [0.5, 0.6) is 0 Å². The Bertz CT molecular complexity index is 491. The zero-order valence-corrected chi connectivity index (χ0v) is 11.5. The number of ether oxygens (including phenoxy) is 1. The minimum Gasteiger partial charge on any atom is -0.383 e. The topological polar surface area (TPSA) is 68.5 Å². The quantitative estimate of drug-likeness (QED) is 0.801. The number of pyridine rings is 1.